The van der Waals surface area contributed by atoms with Crippen LogP contribution in [0.5, 0.6) is 0 Å². The van der Waals surface area contributed by atoms with Gasteiger partial charge < -0.3 is 0 Å². The van der Waals surface area contributed by atoms with Gasteiger partial charge in [-0.3, -0.25) is 0 Å². The number of halogens is 1. The van der Waals surface area contributed by atoms with Crippen molar-refractivity contribution in [3.63, 3.8) is 0 Å². The Bertz CT molecular complexity index is 1230. The summed E-state index contributed by atoms with van der Waals surface area (Å²) in [4.78, 5) is 0.796. The number of fused-ring (bicyclic) bond motifs is 2. The molecule has 0 atom stereocenters. The van der Waals surface area contributed by atoms with Gasteiger partial charge in [0.15, 0.2) is 5.82 Å². The molecule has 6 heteroatoms. The zero-order chi connectivity index (χ0) is 17.5. The molecule has 0 saturated carbocycles. The largest absolute Gasteiger partial charge is 0.234 e. The van der Waals surface area contributed by atoms with Crippen LogP contribution in [0.3, 0.4) is 0 Å². The zero-order valence-corrected chi connectivity index (χ0v) is 15.2. The SMILES string of the molecule is Clc1cccc2c(-c3nn4c(Cc5ccccc5)nnc4s3)cccc12. The van der Waals surface area contributed by atoms with E-state index in [0.717, 1.165) is 37.2 Å². The van der Waals surface area contributed by atoms with Gasteiger partial charge in [-0.2, -0.15) is 9.61 Å². The molecule has 0 spiro atoms. The van der Waals surface area contributed by atoms with Crippen molar-refractivity contribution in [1.82, 2.24) is 19.8 Å². The standard InChI is InChI=1S/C20H13ClN4S/c21-17-11-5-8-14-15(17)9-4-10-16(14)19-24-25-18(22-23-20(25)26-19)12-13-6-2-1-3-7-13/h1-11H,12H2. The highest BCUT2D eigenvalue weighted by atomic mass is 35.5. The lowest BCUT2D eigenvalue weighted by Crippen LogP contribution is -1.97. The van der Waals surface area contributed by atoms with E-state index in [-0.39, 0.29) is 0 Å². The van der Waals surface area contributed by atoms with Crippen molar-refractivity contribution in [2.24, 2.45) is 0 Å². The highest BCUT2D eigenvalue weighted by Crippen LogP contribution is 2.34. The molecular formula is C20H13ClN4S. The van der Waals surface area contributed by atoms with Crippen LogP contribution >= 0.6 is 22.9 Å². The second kappa shape index (κ2) is 6.20. The van der Waals surface area contributed by atoms with Crippen molar-refractivity contribution in [1.29, 1.82) is 0 Å². The van der Waals surface area contributed by atoms with E-state index in [0.29, 0.717) is 6.42 Å². The molecule has 126 valence electrons. The van der Waals surface area contributed by atoms with Crippen molar-refractivity contribution in [2.45, 2.75) is 6.42 Å². The van der Waals surface area contributed by atoms with Gasteiger partial charge in [-0.05, 0) is 17.0 Å². The van der Waals surface area contributed by atoms with E-state index in [1.807, 2.05) is 47.0 Å². The highest BCUT2D eigenvalue weighted by Gasteiger charge is 2.15. The minimum Gasteiger partial charge on any atom is -0.187 e. The summed E-state index contributed by atoms with van der Waals surface area (Å²) in [7, 11) is 0. The van der Waals surface area contributed by atoms with Crippen LogP contribution < -0.4 is 0 Å². The van der Waals surface area contributed by atoms with Crippen LogP contribution in [-0.2, 0) is 6.42 Å². The average Bonchev–Trinajstić information content (AvgIpc) is 3.25. The Labute approximate surface area is 158 Å². The van der Waals surface area contributed by atoms with Crippen LogP contribution in [-0.4, -0.2) is 19.8 Å². The summed E-state index contributed by atoms with van der Waals surface area (Å²) in [5, 5.41) is 17.2. The zero-order valence-electron chi connectivity index (χ0n) is 13.6. The number of aromatic nitrogens is 4. The molecule has 26 heavy (non-hydrogen) atoms. The molecule has 2 heterocycles. The Morgan fingerprint density at radius 1 is 0.846 bits per heavy atom. The fourth-order valence-corrected chi connectivity index (χ4v) is 4.25. The molecule has 0 saturated heterocycles. The van der Waals surface area contributed by atoms with Crippen molar-refractivity contribution in [2.75, 3.05) is 0 Å². The molecule has 3 aromatic carbocycles. The van der Waals surface area contributed by atoms with Gasteiger partial charge in [0.2, 0.25) is 4.96 Å². The normalized spacial score (nSPS) is 11.4. The van der Waals surface area contributed by atoms with Crippen LogP contribution in [0.15, 0.2) is 66.7 Å². The molecule has 2 aromatic heterocycles. The molecular weight excluding hydrogens is 364 g/mol. The summed E-state index contributed by atoms with van der Waals surface area (Å²) in [6, 6.07) is 22.3. The highest BCUT2D eigenvalue weighted by molar-refractivity contribution is 7.19. The Kier molecular flexibility index (Phi) is 3.69. The van der Waals surface area contributed by atoms with Gasteiger partial charge in [-0.1, -0.05) is 83.6 Å². The molecule has 0 bridgehead atoms. The molecule has 0 N–H and O–H groups in total. The second-order valence-corrected chi connectivity index (χ2v) is 7.38. The maximum Gasteiger partial charge on any atom is 0.234 e. The van der Waals surface area contributed by atoms with Gasteiger partial charge in [-0.15, -0.1) is 10.2 Å². The first-order valence-electron chi connectivity index (χ1n) is 8.22. The summed E-state index contributed by atoms with van der Waals surface area (Å²) < 4.78 is 1.84. The fraction of sp³-hybridized carbons (Fsp3) is 0.0500. The smallest absolute Gasteiger partial charge is 0.187 e. The van der Waals surface area contributed by atoms with E-state index in [9.17, 15) is 0 Å². The minimum atomic E-state index is 0.701. The minimum absolute atomic E-state index is 0.701. The molecule has 0 aliphatic heterocycles. The molecule has 5 aromatic rings. The molecule has 0 amide bonds. The molecule has 0 aliphatic rings. The lowest BCUT2D eigenvalue weighted by molar-refractivity contribution is 0.854. The number of rotatable bonds is 3. The third-order valence-corrected chi connectivity index (χ3v) is 5.62. The van der Waals surface area contributed by atoms with E-state index in [2.05, 4.69) is 34.5 Å². The van der Waals surface area contributed by atoms with Gasteiger partial charge in [0, 0.05) is 22.4 Å². The van der Waals surface area contributed by atoms with Gasteiger partial charge >= 0.3 is 0 Å². The maximum absolute atomic E-state index is 6.35. The molecule has 0 radical (unpaired) electrons. The third-order valence-electron chi connectivity index (χ3n) is 4.36. The predicted molar refractivity (Wildman–Crippen MR) is 106 cm³/mol. The van der Waals surface area contributed by atoms with Crippen molar-refractivity contribution < 1.29 is 0 Å². The van der Waals surface area contributed by atoms with Crippen LogP contribution in [0, 0.1) is 0 Å². The number of benzene rings is 3. The number of hydrogen-bond acceptors (Lipinski definition) is 4. The van der Waals surface area contributed by atoms with Crippen LogP contribution in [0.2, 0.25) is 5.02 Å². The predicted octanol–water partition coefficient (Wildman–Crippen LogP) is 5.25. The lowest BCUT2D eigenvalue weighted by Gasteiger charge is -2.04. The maximum atomic E-state index is 6.35. The molecule has 5 rings (SSSR count). The Morgan fingerprint density at radius 2 is 1.65 bits per heavy atom. The van der Waals surface area contributed by atoms with Crippen LogP contribution in [0.1, 0.15) is 11.4 Å². The fourth-order valence-electron chi connectivity index (χ4n) is 3.11. The Hall–Kier alpha value is -2.76. The van der Waals surface area contributed by atoms with Crippen molar-refractivity contribution >= 4 is 38.7 Å². The van der Waals surface area contributed by atoms with Gasteiger partial charge in [-0.25, -0.2) is 0 Å². The molecule has 4 nitrogen and oxygen atoms in total. The van der Waals surface area contributed by atoms with E-state index in [1.54, 1.807) is 0 Å². The van der Waals surface area contributed by atoms with Gasteiger partial charge in [0.1, 0.15) is 5.01 Å². The molecule has 0 unspecified atom stereocenters. The molecule has 0 fully saturated rings. The van der Waals surface area contributed by atoms with E-state index in [1.165, 1.54) is 16.9 Å². The van der Waals surface area contributed by atoms with E-state index >= 15 is 0 Å². The molecule has 0 aliphatic carbocycles. The number of nitrogens with zero attached hydrogens (tertiary/aromatic N) is 4. The van der Waals surface area contributed by atoms with E-state index in [4.69, 9.17) is 16.7 Å². The summed E-state index contributed by atoms with van der Waals surface area (Å²) in [6.07, 6.45) is 0.701. The van der Waals surface area contributed by atoms with Crippen molar-refractivity contribution in [3.8, 4) is 10.6 Å². The first-order valence-corrected chi connectivity index (χ1v) is 9.42. The third kappa shape index (κ3) is 2.57. The van der Waals surface area contributed by atoms with Crippen molar-refractivity contribution in [3.05, 3.63) is 83.1 Å². The quantitative estimate of drug-likeness (QED) is 0.432. The van der Waals surface area contributed by atoms with Crippen LogP contribution in [0.25, 0.3) is 26.3 Å². The van der Waals surface area contributed by atoms with E-state index < -0.39 is 0 Å². The second-order valence-electron chi connectivity index (χ2n) is 6.02. The number of hydrogen-bond donors (Lipinski definition) is 0. The summed E-state index contributed by atoms with van der Waals surface area (Å²) in [6.45, 7) is 0. The first kappa shape index (κ1) is 15.5. The monoisotopic (exact) mass is 376 g/mol. The Morgan fingerprint density at radius 3 is 2.54 bits per heavy atom. The van der Waals surface area contributed by atoms with Gasteiger partial charge in [0.25, 0.3) is 0 Å². The topological polar surface area (TPSA) is 43.1 Å². The first-order chi connectivity index (χ1) is 12.8. The Balaban J connectivity index is 1.62. The lowest BCUT2D eigenvalue weighted by atomic mass is 10.1. The van der Waals surface area contributed by atoms with Gasteiger partial charge in [0.05, 0.1) is 0 Å². The summed E-state index contributed by atoms with van der Waals surface area (Å²) >= 11 is 7.88. The summed E-state index contributed by atoms with van der Waals surface area (Å²) in [5.41, 5.74) is 2.25. The average molecular weight is 377 g/mol. The van der Waals surface area contributed by atoms with Crippen LogP contribution in [0.4, 0.5) is 0 Å². The summed E-state index contributed by atoms with van der Waals surface area (Å²) in [5.74, 6) is 0.840.